The highest BCUT2D eigenvalue weighted by Crippen LogP contribution is 2.26. The number of para-hydroxylation sites is 1. The van der Waals surface area contributed by atoms with Gasteiger partial charge in [-0.05, 0) is 47.6 Å². The summed E-state index contributed by atoms with van der Waals surface area (Å²) >= 11 is 0. The van der Waals surface area contributed by atoms with Crippen LogP contribution in [0.4, 0.5) is 5.69 Å². The Morgan fingerprint density at radius 2 is 1.64 bits per heavy atom. The Labute approximate surface area is 133 Å². The fourth-order valence-corrected chi connectivity index (χ4v) is 2.53. The number of hydrogen-bond acceptors (Lipinski definition) is 1. The third-order valence-electron chi connectivity index (χ3n) is 4.00. The van der Waals surface area contributed by atoms with Crippen LogP contribution in [0.1, 0.15) is 66.6 Å². The van der Waals surface area contributed by atoms with Crippen LogP contribution in [0.15, 0.2) is 42.5 Å². The Morgan fingerprint density at radius 3 is 2.23 bits per heavy atom. The zero-order valence-corrected chi connectivity index (χ0v) is 14.1. The van der Waals surface area contributed by atoms with Gasteiger partial charge in [-0.1, -0.05) is 58.0 Å². The number of hydrogen-bond donors (Lipinski definition) is 1. The van der Waals surface area contributed by atoms with Gasteiger partial charge in [0.1, 0.15) is 0 Å². The molecule has 22 heavy (non-hydrogen) atoms. The summed E-state index contributed by atoms with van der Waals surface area (Å²) in [6.07, 6.45) is 0. The molecule has 2 aromatic carbocycles. The van der Waals surface area contributed by atoms with Gasteiger partial charge in [0.05, 0.1) is 0 Å². The van der Waals surface area contributed by atoms with Crippen LogP contribution in [0.25, 0.3) is 0 Å². The quantitative estimate of drug-likeness (QED) is 0.793. The van der Waals surface area contributed by atoms with Crippen LogP contribution in [0.3, 0.4) is 0 Å². The standard InChI is InChI=1S/C20H25NO/c1-13(2)16-10-11-17(18(12-16)14(3)4)20(22)21-19-9-7-6-8-15(19)5/h6-14H,1-5H3,(H,21,22). The van der Waals surface area contributed by atoms with Crippen molar-refractivity contribution in [1.29, 1.82) is 0 Å². The summed E-state index contributed by atoms with van der Waals surface area (Å²) in [5.41, 5.74) is 5.09. The Bertz CT molecular complexity index is 671. The van der Waals surface area contributed by atoms with Gasteiger partial charge in [-0.15, -0.1) is 0 Å². The number of nitrogens with one attached hydrogen (secondary N) is 1. The van der Waals surface area contributed by atoms with Crippen LogP contribution in [0.5, 0.6) is 0 Å². The number of carbonyl (C=O) groups excluding carboxylic acids is 1. The molecule has 0 saturated carbocycles. The lowest BCUT2D eigenvalue weighted by atomic mass is 9.91. The summed E-state index contributed by atoms with van der Waals surface area (Å²) in [7, 11) is 0. The van der Waals surface area contributed by atoms with Crippen molar-refractivity contribution in [2.75, 3.05) is 5.32 Å². The van der Waals surface area contributed by atoms with Gasteiger partial charge in [0.25, 0.3) is 5.91 Å². The normalized spacial score (nSPS) is 11.0. The van der Waals surface area contributed by atoms with Gasteiger partial charge in [0, 0.05) is 11.3 Å². The minimum atomic E-state index is -0.0340. The van der Waals surface area contributed by atoms with E-state index in [1.165, 1.54) is 5.56 Å². The van der Waals surface area contributed by atoms with E-state index in [1.807, 2.05) is 37.3 Å². The van der Waals surface area contributed by atoms with Crippen molar-refractivity contribution < 1.29 is 4.79 Å². The third-order valence-corrected chi connectivity index (χ3v) is 4.00. The maximum Gasteiger partial charge on any atom is 0.255 e. The predicted molar refractivity (Wildman–Crippen MR) is 93.8 cm³/mol. The zero-order valence-electron chi connectivity index (χ0n) is 14.1. The second-order valence-corrected chi connectivity index (χ2v) is 6.43. The second-order valence-electron chi connectivity index (χ2n) is 6.43. The maximum atomic E-state index is 12.7. The summed E-state index contributed by atoms with van der Waals surface area (Å²) in [6, 6.07) is 14.0. The van der Waals surface area contributed by atoms with Crippen molar-refractivity contribution in [2.45, 2.75) is 46.5 Å². The molecule has 0 aromatic heterocycles. The molecule has 0 saturated heterocycles. The lowest BCUT2D eigenvalue weighted by molar-refractivity contribution is 0.102. The lowest BCUT2D eigenvalue weighted by Gasteiger charge is -2.16. The Hall–Kier alpha value is -2.09. The summed E-state index contributed by atoms with van der Waals surface area (Å²) in [6.45, 7) is 10.6. The van der Waals surface area contributed by atoms with Crippen LogP contribution >= 0.6 is 0 Å². The average Bonchev–Trinajstić information content (AvgIpc) is 2.48. The van der Waals surface area contributed by atoms with Crippen LogP contribution < -0.4 is 5.32 Å². The Morgan fingerprint density at radius 1 is 0.955 bits per heavy atom. The highest BCUT2D eigenvalue weighted by atomic mass is 16.1. The van der Waals surface area contributed by atoms with E-state index in [1.54, 1.807) is 0 Å². The molecule has 0 aliphatic carbocycles. The van der Waals surface area contributed by atoms with Gasteiger partial charge in [-0.3, -0.25) is 4.79 Å². The van der Waals surface area contributed by atoms with E-state index < -0.39 is 0 Å². The Balaban J connectivity index is 2.35. The van der Waals surface area contributed by atoms with E-state index in [0.29, 0.717) is 11.8 Å². The number of anilines is 1. The van der Waals surface area contributed by atoms with Gasteiger partial charge in [0.2, 0.25) is 0 Å². The lowest BCUT2D eigenvalue weighted by Crippen LogP contribution is -2.16. The number of aryl methyl sites for hydroxylation is 1. The van der Waals surface area contributed by atoms with Crippen LogP contribution in [0.2, 0.25) is 0 Å². The van der Waals surface area contributed by atoms with Gasteiger partial charge in [0.15, 0.2) is 0 Å². The first kappa shape index (κ1) is 16.3. The molecule has 116 valence electrons. The Kier molecular flexibility index (Phi) is 5.02. The molecule has 0 aliphatic heterocycles. The number of carbonyl (C=O) groups is 1. The van der Waals surface area contributed by atoms with Crippen LogP contribution in [0, 0.1) is 6.92 Å². The van der Waals surface area contributed by atoms with E-state index in [9.17, 15) is 4.79 Å². The SMILES string of the molecule is Cc1ccccc1NC(=O)c1ccc(C(C)C)cc1C(C)C. The highest BCUT2D eigenvalue weighted by Gasteiger charge is 2.16. The second kappa shape index (κ2) is 6.78. The van der Waals surface area contributed by atoms with E-state index in [4.69, 9.17) is 0 Å². The molecule has 0 bridgehead atoms. The fraction of sp³-hybridized carbons (Fsp3) is 0.350. The maximum absolute atomic E-state index is 12.7. The monoisotopic (exact) mass is 295 g/mol. The zero-order chi connectivity index (χ0) is 16.3. The summed E-state index contributed by atoms with van der Waals surface area (Å²) in [4.78, 5) is 12.7. The molecule has 0 atom stereocenters. The first-order valence-electron chi connectivity index (χ1n) is 7.91. The van der Waals surface area contributed by atoms with E-state index in [0.717, 1.165) is 22.4 Å². The molecule has 0 fully saturated rings. The van der Waals surface area contributed by atoms with Gasteiger partial charge < -0.3 is 5.32 Å². The molecule has 2 rings (SSSR count). The van der Waals surface area contributed by atoms with Crippen molar-refractivity contribution >= 4 is 11.6 Å². The topological polar surface area (TPSA) is 29.1 Å². The highest BCUT2D eigenvalue weighted by molar-refractivity contribution is 6.05. The van der Waals surface area contributed by atoms with Crippen molar-refractivity contribution in [3.05, 3.63) is 64.7 Å². The molecule has 0 heterocycles. The van der Waals surface area contributed by atoms with Gasteiger partial charge in [-0.25, -0.2) is 0 Å². The third kappa shape index (κ3) is 3.56. The van der Waals surface area contributed by atoms with E-state index in [2.05, 4.69) is 45.1 Å². The molecule has 1 N–H and O–H groups in total. The summed E-state index contributed by atoms with van der Waals surface area (Å²) in [5.74, 6) is 0.746. The molecule has 1 amide bonds. The largest absolute Gasteiger partial charge is 0.322 e. The molecule has 0 spiro atoms. The molecule has 0 aliphatic rings. The predicted octanol–water partition coefficient (Wildman–Crippen LogP) is 5.49. The average molecular weight is 295 g/mol. The first-order chi connectivity index (χ1) is 10.4. The van der Waals surface area contributed by atoms with E-state index >= 15 is 0 Å². The number of amides is 1. The van der Waals surface area contributed by atoms with Gasteiger partial charge >= 0.3 is 0 Å². The molecule has 2 heteroatoms. The minimum absolute atomic E-state index is 0.0340. The summed E-state index contributed by atoms with van der Waals surface area (Å²) < 4.78 is 0. The van der Waals surface area contributed by atoms with E-state index in [-0.39, 0.29) is 5.91 Å². The minimum Gasteiger partial charge on any atom is -0.322 e. The molecule has 2 aromatic rings. The van der Waals surface area contributed by atoms with Crippen molar-refractivity contribution in [3.8, 4) is 0 Å². The smallest absolute Gasteiger partial charge is 0.255 e. The summed E-state index contributed by atoms with van der Waals surface area (Å²) in [5, 5.41) is 3.03. The van der Waals surface area contributed by atoms with Crippen molar-refractivity contribution in [1.82, 2.24) is 0 Å². The molecule has 0 radical (unpaired) electrons. The molecular formula is C20H25NO. The van der Waals surface area contributed by atoms with Crippen molar-refractivity contribution in [3.63, 3.8) is 0 Å². The van der Waals surface area contributed by atoms with Crippen LogP contribution in [-0.4, -0.2) is 5.91 Å². The number of benzene rings is 2. The van der Waals surface area contributed by atoms with Gasteiger partial charge in [-0.2, -0.15) is 0 Å². The van der Waals surface area contributed by atoms with Crippen molar-refractivity contribution in [2.24, 2.45) is 0 Å². The molecule has 2 nitrogen and oxygen atoms in total. The fourth-order valence-electron chi connectivity index (χ4n) is 2.53. The van der Waals surface area contributed by atoms with Crippen LogP contribution in [-0.2, 0) is 0 Å². The number of rotatable bonds is 4. The molecular weight excluding hydrogens is 270 g/mol. The molecule has 0 unspecified atom stereocenters. The first-order valence-corrected chi connectivity index (χ1v) is 7.91.